The maximum absolute atomic E-state index is 13.5. The summed E-state index contributed by atoms with van der Waals surface area (Å²) in [6.07, 6.45) is 21.6. The lowest BCUT2D eigenvalue weighted by Crippen LogP contribution is -2.18. The van der Waals surface area contributed by atoms with Crippen LogP contribution in [-0.2, 0) is 43.9 Å². The Kier molecular flexibility index (Phi) is 28.0. The van der Waals surface area contributed by atoms with Crippen LogP contribution in [0.25, 0.3) is 0 Å². The van der Waals surface area contributed by atoms with Crippen molar-refractivity contribution in [2.45, 2.75) is 207 Å². The normalized spacial score (nSPS) is 13.2. The largest absolute Gasteiger partial charge is 0.493 e. The maximum Gasteiger partial charge on any atom is 0.356 e. The summed E-state index contributed by atoms with van der Waals surface area (Å²) < 4.78 is 81.1. The second-order valence-electron chi connectivity index (χ2n) is 21.7. The zero-order valence-corrected chi connectivity index (χ0v) is 51.5. The fourth-order valence-corrected chi connectivity index (χ4v) is 13.0. The van der Waals surface area contributed by atoms with E-state index in [0.29, 0.717) is 25.7 Å². The Bertz CT molecular complexity index is 2310. The van der Waals surface area contributed by atoms with E-state index >= 15 is 0 Å². The lowest BCUT2D eigenvalue weighted by Gasteiger charge is -2.25. The van der Waals surface area contributed by atoms with Crippen molar-refractivity contribution in [2.75, 3.05) is 26.4 Å². The van der Waals surface area contributed by atoms with E-state index in [1.54, 1.807) is 0 Å². The predicted molar refractivity (Wildman–Crippen MR) is 319 cm³/mol. The average molecular weight is 1190 g/mol. The van der Waals surface area contributed by atoms with Crippen LogP contribution in [0.3, 0.4) is 0 Å². The van der Waals surface area contributed by atoms with Crippen molar-refractivity contribution in [3.05, 3.63) is 93.0 Å². The summed E-state index contributed by atoms with van der Waals surface area (Å²) >= 11 is 0. The Hall–Kier alpha value is -3.32. The van der Waals surface area contributed by atoms with Crippen LogP contribution in [-0.4, -0.2) is 65.6 Å². The molecule has 80 heavy (non-hydrogen) atoms. The second-order valence-corrected chi connectivity index (χ2v) is 28.1. The Balaban J connectivity index is 1.90. The molecule has 1 aliphatic rings. The number of hydrogen-bond donors (Lipinski definition) is 8. The Morgan fingerprint density at radius 3 is 0.575 bits per heavy atom. The summed E-state index contributed by atoms with van der Waals surface area (Å²) in [4.78, 5) is 87.9. The molecular weight excluding hydrogens is 1100 g/mol. The van der Waals surface area contributed by atoms with Crippen molar-refractivity contribution >= 4 is 51.6 Å². The third-order valence-electron chi connectivity index (χ3n) is 14.8. The molecule has 0 spiro atoms. The highest BCUT2D eigenvalue weighted by atomic mass is 31.2. The molecule has 0 atom stereocenters. The first kappa shape index (κ1) is 67.5. The highest BCUT2D eigenvalue weighted by Gasteiger charge is 2.31. The van der Waals surface area contributed by atoms with Crippen LogP contribution < -0.4 is 40.2 Å². The van der Waals surface area contributed by atoms with Gasteiger partial charge >= 0.3 is 30.4 Å². The zero-order valence-electron chi connectivity index (χ0n) is 47.9. The average Bonchev–Trinajstić information content (AvgIpc) is 3.38. The molecule has 4 aromatic carbocycles. The van der Waals surface area contributed by atoms with E-state index in [4.69, 9.17) is 18.9 Å². The lowest BCUT2D eigenvalue weighted by molar-refractivity contribution is 0.293. The molecule has 1 aliphatic carbocycles. The van der Waals surface area contributed by atoms with E-state index in [1.165, 1.54) is 48.5 Å². The Morgan fingerprint density at radius 2 is 0.425 bits per heavy atom. The SMILES string of the molecule is CCCCCCCCOc1c2cc(P(=O)(O)O)cc1Cc1cc(P(=O)(O)O)cc(c1OCCCCCCCC)Cc1cc(P(=O)(O)O)cc(c1OCCCCCCCC)Cc1cc(P(=O)(O)O)cc(c1OCCCCCCCC)C2. The van der Waals surface area contributed by atoms with E-state index in [0.717, 1.165) is 128 Å². The van der Waals surface area contributed by atoms with Gasteiger partial charge in [-0.3, -0.25) is 18.3 Å². The lowest BCUT2D eigenvalue weighted by atomic mass is 9.91. The van der Waals surface area contributed by atoms with Crippen molar-refractivity contribution in [1.29, 1.82) is 0 Å². The molecule has 0 aromatic heterocycles. The van der Waals surface area contributed by atoms with Crippen molar-refractivity contribution < 1.29 is 76.4 Å². The number of rotatable bonds is 36. The van der Waals surface area contributed by atoms with Gasteiger partial charge in [0, 0.05) is 25.7 Å². The third kappa shape index (κ3) is 21.7. The minimum absolute atomic E-state index is 0.198. The standard InChI is InChI=1S/C60H92O16P4/c1-5-9-13-17-21-25-29-73-57-45-33-47-39-54(78(64,65)66)41-49(58(47)74-30-26-22-18-14-10-6-2)35-51-43-56(80(70,71)72)44-52(60(51)76-32-28-24-20-16-12-8-4)36-50-42-55(79(67,68)69)40-48(34-46(57)38-53(37-45)77(61,62)63)59(50)75-31-27-23-19-15-11-7-3/h37-44H,5-36H2,1-4H3,(H2,61,62,63)(H2,64,65,66)(H2,67,68,69)(H2,70,71,72). The molecule has 0 unspecified atom stereocenters. The van der Waals surface area contributed by atoms with E-state index in [9.17, 15) is 57.4 Å². The Labute approximate surface area is 475 Å². The van der Waals surface area contributed by atoms with Gasteiger partial charge in [0.1, 0.15) is 23.0 Å². The summed E-state index contributed by atoms with van der Waals surface area (Å²) in [5.41, 5.74) is 2.05. The molecule has 448 valence electrons. The number of unbranched alkanes of at least 4 members (excludes halogenated alkanes) is 20. The number of benzene rings is 4. The van der Waals surface area contributed by atoms with E-state index in [1.807, 2.05) is 0 Å². The molecule has 0 aliphatic heterocycles. The van der Waals surface area contributed by atoms with Gasteiger partial charge < -0.3 is 58.1 Å². The molecule has 8 N–H and O–H groups in total. The van der Waals surface area contributed by atoms with Crippen LogP contribution in [0.1, 0.15) is 226 Å². The van der Waals surface area contributed by atoms with Crippen LogP contribution in [0.5, 0.6) is 23.0 Å². The first-order chi connectivity index (χ1) is 38.1. The molecule has 5 rings (SSSR count). The molecule has 0 heterocycles. The van der Waals surface area contributed by atoms with Crippen molar-refractivity contribution in [1.82, 2.24) is 0 Å². The first-order valence-electron chi connectivity index (χ1n) is 29.5. The van der Waals surface area contributed by atoms with Gasteiger partial charge in [-0.15, -0.1) is 0 Å². The molecule has 0 radical (unpaired) electrons. The van der Waals surface area contributed by atoms with Crippen molar-refractivity contribution in [2.24, 2.45) is 0 Å². The van der Waals surface area contributed by atoms with Gasteiger partial charge in [-0.2, -0.15) is 0 Å². The minimum atomic E-state index is -5.06. The van der Waals surface area contributed by atoms with Crippen LogP contribution in [0.4, 0.5) is 0 Å². The van der Waals surface area contributed by atoms with Gasteiger partial charge in [0.15, 0.2) is 0 Å². The van der Waals surface area contributed by atoms with E-state index in [2.05, 4.69) is 27.7 Å². The fourth-order valence-electron chi connectivity index (χ4n) is 10.5. The second kappa shape index (κ2) is 33.2. The zero-order chi connectivity index (χ0) is 58.4. The van der Waals surface area contributed by atoms with Crippen LogP contribution >= 0.6 is 30.4 Å². The molecule has 0 saturated heterocycles. The quantitative estimate of drug-likeness (QED) is 0.0137. The summed E-state index contributed by atoms with van der Waals surface area (Å²) in [5.74, 6) is 0.944. The first-order valence-corrected chi connectivity index (χ1v) is 35.9. The van der Waals surface area contributed by atoms with Crippen LogP contribution in [0.2, 0.25) is 0 Å². The van der Waals surface area contributed by atoms with Crippen molar-refractivity contribution in [3.63, 3.8) is 0 Å². The molecule has 4 aromatic rings. The third-order valence-corrected chi connectivity index (χ3v) is 18.5. The molecule has 16 nitrogen and oxygen atoms in total. The van der Waals surface area contributed by atoms with Gasteiger partial charge in [0.25, 0.3) is 0 Å². The van der Waals surface area contributed by atoms with E-state index < -0.39 is 30.4 Å². The summed E-state index contributed by atoms with van der Waals surface area (Å²) in [6, 6.07) is 10.7. The summed E-state index contributed by atoms with van der Waals surface area (Å²) in [6.45, 7) is 9.33. The number of fused-ring (bicyclic) bond motifs is 8. The molecule has 8 bridgehead atoms. The molecule has 20 heteroatoms. The number of hydrogen-bond acceptors (Lipinski definition) is 8. The number of ether oxygens (including phenoxy) is 4. The predicted octanol–water partition coefficient (Wildman–Crippen LogP) is 12.5. The fraction of sp³-hybridized carbons (Fsp3) is 0.600. The highest BCUT2D eigenvalue weighted by Crippen LogP contribution is 2.46. The highest BCUT2D eigenvalue weighted by molar-refractivity contribution is 7.61. The molecule has 0 saturated carbocycles. The van der Waals surface area contributed by atoms with Crippen LogP contribution in [0, 0.1) is 0 Å². The van der Waals surface area contributed by atoms with E-state index in [-0.39, 0.29) is 141 Å². The van der Waals surface area contributed by atoms with Gasteiger partial charge in [0.05, 0.1) is 47.6 Å². The molecule has 0 amide bonds. The maximum atomic E-state index is 13.5. The molecule has 0 fully saturated rings. The smallest absolute Gasteiger partial charge is 0.356 e. The van der Waals surface area contributed by atoms with Crippen LogP contribution in [0.15, 0.2) is 48.5 Å². The molecular formula is C60H92O16P4. The van der Waals surface area contributed by atoms with Gasteiger partial charge in [-0.1, -0.05) is 156 Å². The summed E-state index contributed by atoms with van der Waals surface area (Å²) in [5, 5.41) is -1.48. The van der Waals surface area contributed by atoms with Gasteiger partial charge in [-0.25, -0.2) is 0 Å². The van der Waals surface area contributed by atoms with Crippen molar-refractivity contribution in [3.8, 4) is 23.0 Å². The van der Waals surface area contributed by atoms with Gasteiger partial charge in [0.2, 0.25) is 0 Å². The Morgan fingerprint density at radius 1 is 0.275 bits per heavy atom. The summed E-state index contributed by atoms with van der Waals surface area (Å²) in [7, 11) is -20.2. The van der Waals surface area contributed by atoms with Gasteiger partial charge in [-0.05, 0) is 119 Å². The monoisotopic (exact) mass is 1190 g/mol. The minimum Gasteiger partial charge on any atom is -0.493 e. The topological polar surface area (TPSA) is 267 Å².